The molecule has 0 saturated carbocycles. The Hall–Kier alpha value is -0.650. The van der Waals surface area contributed by atoms with Gasteiger partial charge in [0.2, 0.25) is 5.91 Å². The van der Waals surface area contributed by atoms with Gasteiger partial charge in [-0.15, -0.1) is 11.6 Å². The maximum atomic E-state index is 11.5. The second-order valence-electron chi connectivity index (χ2n) is 3.89. The minimum atomic E-state index is -0.561. The summed E-state index contributed by atoms with van der Waals surface area (Å²) in [6.45, 7) is 3.72. The molecule has 0 aliphatic heterocycles. The second-order valence-corrected chi connectivity index (χ2v) is 6.49. The van der Waals surface area contributed by atoms with E-state index in [2.05, 4.69) is 39.2 Å². The first-order chi connectivity index (χ1) is 8.51. The van der Waals surface area contributed by atoms with Gasteiger partial charge < -0.3 is 5.32 Å². The molecule has 1 heterocycles. The normalized spacial score (nSPS) is 12.7. The third kappa shape index (κ3) is 2.84. The van der Waals surface area contributed by atoms with Crippen molar-refractivity contribution in [2.24, 2.45) is 0 Å². The largest absolute Gasteiger partial charge is 0.301 e. The molecule has 0 saturated heterocycles. The summed E-state index contributed by atoms with van der Waals surface area (Å²) in [4.78, 5) is 16.0. The highest BCUT2D eigenvalue weighted by atomic mass is 79.9. The summed E-state index contributed by atoms with van der Waals surface area (Å²) < 4.78 is 2.08. The molecule has 0 bridgehead atoms. The Labute approximate surface area is 123 Å². The molecule has 6 heteroatoms. The zero-order valence-corrected chi connectivity index (χ0v) is 13.1. The maximum absolute atomic E-state index is 11.5. The van der Waals surface area contributed by atoms with E-state index in [1.165, 1.54) is 11.3 Å². The van der Waals surface area contributed by atoms with Gasteiger partial charge in [-0.1, -0.05) is 34.2 Å². The van der Waals surface area contributed by atoms with E-state index in [-0.39, 0.29) is 5.91 Å². The van der Waals surface area contributed by atoms with Gasteiger partial charge in [0.15, 0.2) is 5.13 Å². The molecule has 2 aromatic rings. The molecule has 1 N–H and O–H groups in total. The summed E-state index contributed by atoms with van der Waals surface area (Å²) in [5.41, 5.74) is 2.11. The van der Waals surface area contributed by atoms with Gasteiger partial charge in [0.1, 0.15) is 5.38 Å². The molecule has 0 fully saturated rings. The van der Waals surface area contributed by atoms with E-state index >= 15 is 0 Å². The molecule has 3 nitrogen and oxygen atoms in total. The van der Waals surface area contributed by atoms with Crippen molar-refractivity contribution < 1.29 is 4.79 Å². The van der Waals surface area contributed by atoms with Crippen molar-refractivity contribution in [2.75, 3.05) is 5.32 Å². The number of nitrogens with one attached hydrogen (secondary N) is 1. The number of carbonyl (C=O) groups is 1. The fraction of sp³-hybridized carbons (Fsp3) is 0.333. The number of thiazole rings is 1. The Morgan fingerprint density at radius 2 is 2.33 bits per heavy atom. The van der Waals surface area contributed by atoms with Crippen LogP contribution in [-0.4, -0.2) is 16.3 Å². The number of carbonyl (C=O) groups excluding carboxylic acids is 1. The number of anilines is 1. The molecule has 0 spiro atoms. The third-order valence-corrected chi connectivity index (χ3v) is 4.08. The molecule has 0 aliphatic carbocycles. The van der Waals surface area contributed by atoms with Crippen LogP contribution in [0.15, 0.2) is 16.6 Å². The van der Waals surface area contributed by atoms with E-state index in [0.29, 0.717) is 5.13 Å². The molecule has 0 aliphatic rings. The lowest BCUT2D eigenvalue weighted by Crippen LogP contribution is -2.20. The van der Waals surface area contributed by atoms with Crippen LogP contribution >= 0.6 is 38.9 Å². The van der Waals surface area contributed by atoms with E-state index in [1.807, 2.05) is 6.07 Å². The van der Waals surface area contributed by atoms with Gasteiger partial charge >= 0.3 is 0 Å². The first kappa shape index (κ1) is 13.8. The van der Waals surface area contributed by atoms with Crippen LogP contribution in [0.1, 0.15) is 19.4 Å². The van der Waals surface area contributed by atoms with E-state index in [0.717, 1.165) is 26.7 Å². The monoisotopic (exact) mass is 346 g/mol. The summed E-state index contributed by atoms with van der Waals surface area (Å²) in [5.74, 6) is -0.229. The lowest BCUT2D eigenvalue weighted by atomic mass is 10.1. The Morgan fingerprint density at radius 1 is 1.61 bits per heavy atom. The maximum Gasteiger partial charge on any atom is 0.243 e. The number of fused-ring (bicyclic) bond motifs is 1. The van der Waals surface area contributed by atoms with Crippen LogP contribution in [0.3, 0.4) is 0 Å². The highest BCUT2D eigenvalue weighted by Crippen LogP contribution is 2.31. The van der Waals surface area contributed by atoms with Crippen LogP contribution < -0.4 is 5.32 Å². The number of nitrogens with zero attached hydrogens (tertiary/aromatic N) is 1. The standard InChI is InChI=1S/C12H12BrClN2OS/c1-3-7-4-8(13)5-9-10(7)15-12(18-9)16-11(17)6(2)14/h4-6H,3H2,1-2H3,(H,15,16,17). The topological polar surface area (TPSA) is 42.0 Å². The van der Waals surface area contributed by atoms with E-state index in [4.69, 9.17) is 11.6 Å². The molecule has 1 atom stereocenters. The van der Waals surface area contributed by atoms with Crippen LogP contribution in [0.4, 0.5) is 5.13 Å². The zero-order chi connectivity index (χ0) is 13.3. The van der Waals surface area contributed by atoms with Gasteiger partial charge in [-0.25, -0.2) is 4.98 Å². The van der Waals surface area contributed by atoms with Gasteiger partial charge in [-0.05, 0) is 31.0 Å². The molecular formula is C12H12BrClN2OS. The smallest absolute Gasteiger partial charge is 0.243 e. The number of rotatable bonds is 3. The van der Waals surface area contributed by atoms with Crippen molar-refractivity contribution in [3.63, 3.8) is 0 Å². The number of aryl methyl sites for hydroxylation is 1. The van der Waals surface area contributed by atoms with Crippen LogP contribution in [0, 0.1) is 0 Å². The number of aromatic nitrogens is 1. The minimum absolute atomic E-state index is 0.229. The fourth-order valence-electron chi connectivity index (χ4n) is 1.59. The number of hydrogen-bond acceptors (Lipinski definition) is 3. The van der Waals surface area contributed by atoms with Gasteiger partial charge in [0.25, 0.3) is 0 Å². The third-order valence-electron chi connectivity index (χ3n) is 2.51. The summed E-state index contributed by atoms with van der Waals surface area (Å²) in [5, 5.41) is 2.75. The predicted molar refractivity (Wildman–Crippen MR) is 80.6 cm³/mol. The number of alkyl halides is 1. The van der Waals surface area contributed by atoms with Crippen molar-refractivity contribution in [1.29, 1.82) is 0 Å². The summed E-state index contributed by atoms with van der Waals surface area (Å²) in [7, 11) is 0. The van der Waals surface area contributed by atoms with Gasteiger partial charge in [-0.2, -0.15) is 0 Å². The fourth-order valence-corrected chi connectivity index (χ4v) is 3.26. The van der Waals surface area contributed by atoms with Crippen LogP contribution in [0.2, 0.25) is 0 Å². The predicted octanol–water partition coefficient (Wildman–Crippen LogP) is 4.19. The molecule has 2 rings (SSSR count). The van der Waals surface area contributed by atoms with Crippen molar-refractivity contribution in [3.05, 3.63) is 22.2 Å². The van der Waals surface area contributed by atoms with Gasteiger partial charge in [0.05, 0.1) is 10.2 Å². The number of amides is 1. The molecule has 1 aromatic heterocycles. The molecule has 96 valence electrons. The van der Waals surface area contributed by atoms with Crippen LogP contribution in [-0.2, 0) is 11.2 Å². The number of hydrogen-bond donors (Lipinski definition) is 1. The Balaban J connectivity index is 2.41. The van der Waals surface area contributed by atoms with Crippen LogP contribution in [0.25, 0.3) is 10.2 Å². The summed E-state index contributed by atoms with van der Waals surface area (Å²) in [6.07, 6.45) is 0.902. The average Bonchev–Trinajstić information content (AvgIpc) is 2.69. The molecule has 18 heavy (non-hydrogen) atoms. The number of halogens is 2. The Morgan fingerprint density at radius 3 is 2.94 bits per heavy atom. The van der Waals surface area contributed by atoms with Crippen LogP contribution in [0.5, 0.6) is 0 Å². The molecule has 1 amide bonds. The van der Waals surface area contributed by atoms with Crippen molar-refractivity contribution in [1.82, 2.24) is 4.98 Å². The average molecular weight is 348 g/mol. The molecule has 1 aromatic carbocycles. The lowest BCUT2D eigenvalue weighted by molar-refractivity contribution is -0.115. The second kappa shape index (κ2) is 5.55. The molecule has 0 radical (unpaired) electrons. The van der Waals surface area contributed by atoms with Gasteiger partial charge in [-0.3, -0.25) is 4.79 Å². The van der Waals surface area contributed by atoms with Crippen molar-refractivity contribution >= 4 is 60.1 Å². The zero-order valence-electron chi connectivity index (χ0n) is 9.96. The lowest BCUT2D eigenvalue weighted by Gasteiger charge is -2.01. The first-order valence-corrected chi connectivity index (χ1v) is 7.59. The molecule has 1 unspecified atom stereocenters. The highest BCUT2D eigenvalue weighted by molar-refractivity contribution is 9.10. The van der Waals surface area contributed by atoms with E-state index in [9.17, 15) is 4.79 Å². The van der Waals surface area contributed by atoms with Gasteiger partial charge in [0, 0.05) is 4.47 Å². The van der Waals surface area contributed by atoms with Crippen molar-refractivity contribution in [3.8, 4) is 0 Å². The summed E-state index contributed by atoms with van der Waals surface area (Å²) >= 11 is 10.7. The quantitative estimate of drug-likeness (QED) is 0.846. The van der Waals surface area contributed by atoms with Crippen molar-refractivity contribution in [2.45, 2.75) is 25.6 Å². The number of benzene rings is 1. The first-order valence-electron chi connectivity index (χ1n) is 5.55. The Kier molecular flexibility index (Phi) is 4.25. The summed E-state index contributed by atoms with van der Waals surface area (Å²) in [6, 6.07) is 4.06. The van der Waals surface area contributed by atoms with E-state index in [1.54, 1.807) is 6.92 Å². The minimum Gasteiger partial charge on any atom is -0.301 e. The van der Waals surface area contributed by atoms with E-state index < -0.39 is 5.38 Å². The Bertz CT molecular complexity index is 597. The highest BCUT2D eigenvalue weighted by Gasteiger charge is 2.13. The SMILES string of the molecule is CCc1cc(Br)cc2sc(NC(=O)C(C)Cl)nc12. The molecular weight excluding hydrogens is 336 g/mol.